The van der Waals surface area contributed by atoms with Crippen LogP contribution in [0.2, 0.25) is 0 Å². The van der Waals surface area contributed by atoms with Gasteiger partial charge in [-0.05, 0) is 105 Å². The Morgan fingerprint density at radius 1 is 0.565 bits per heavy atom. The van der Waals surface area contributed by atoms with E-state index in [1.807, 2.05) is 72.8 Å². The van der Waals surface area contributed by atoms with Crippen LogP contribution in [0.25, 0.3) is 42.4 Å². The average molecular weight is 882 g/mol. The normalized spacial score (nSPS) is 13.1. The van der Waals surface area contributed by atoms with Crippen molar-refractivity contribution in [1.82, 2.24) is 0 Å². The Kier molecular flexibility index (Phi) is 12.1. The summed E-state index contributed by atoms with van der Waals surface area (Å²) in [5, 5.41) is 33.8. The fraction of sp³-hybridized carbons (Fsp3) is 0.163. The lowest BCUT2D eigenvalue weighted by Gasteiger charge is -2.23. The van der Waals surface area contributed by atoms with E-state index < -0.39 is 35.7 Å². The van der Waals surface area contributed by atoms with Crippen LogP contribution in [0.5, 0.6) is 0 Å². The van der Waals surface area contributed by atoms with E-state index >= 15 is 0 Å². The van der Waals surface area contributed by atoms with E-state index in [1.165, 1.54) is 51.8 Å². The molecule has 0 fully saturated rings. The smallest absolute Gasteiger partial charge is 0.395 e. The lowest BCUT2D eigenvalue weighted by Crippen LogP contribution is -2.33. The molecule has 0 radical (unpaired) electrons. The maximum Gasteiger partial charge on any atom is 0.416 e. The first kappa shape index (κ1) is 42.8. The van der Waals surface area contributed by atoms with Gasteiger partial charge in [-0.15, -0.1) is 22.7 Å². The first-order valence-electron chi connectivity index (χ1n) is 19.5. The van der Waals surface area contributed by atoms with Crippen LogP contribution in [-0.2, 0) is 25.2 Å². The van der Waals surface area contributed by atoms with Gasteiger partial charge in [0.05, 0.1) is 29.9 Å². The zero-order valence-corrected chi connectivity index (χ0v) is 34.3. The van der Waals surface area contributed by atoms with E-state index in [2.05, 4.69) is 0 Å². The monoisotopic (exact) mass is 881 g/mol. The molecule has 0 aliphatic heterocycles. The average Bonchev–Trinajstić information content (AvgIpc) is 3.88. The number of halogens is 6. The number of carbonyl (C=O) groups excluding carboxylic acids is 1. The lowest BCUT2D eigenvalue weighted by atomic mass is 10.00. The largest absolute Gasteiger partial charge is 0.416 e. The standard InChI is InChI=1S/C49H37F6NO4S2/c50-48(51,52)36-14-2-9-31(22-36)43(58)27-39-25-33-11-5-17-41(45(33)61-39)29-7-1-13-35(21-29)47(60)56(19-20-57)38-16-4-8-30(24-38)42-18-6-12-34-26-40(62-46(34)42)28-44(59)32-10-3-15-37(23-32)49(53,54)55/h1-18,21-26,43-44,57-59H,19-20,27-28H2. The van der Waals surface area contributed by atoms with E-state index in [4.69, 9.17) is 0 Å². The molecule has 0 aliphatic rings. The minimum absolute atomic E-state index is 0.00532. The number of carbonyl (C=O) groups is 1. The zero-order valence-electron chi connectivity index (χ0n) is 32.6. The van der Waals surface area contributed by atoms with Crippen LogP contribution in [0, 0.1) is 0 Å². The maximum atomic E-state index is 14.3. The highest BCUT2D eigenvalue weighted by Gasteiger charge is 2.32. The summed E-state index contributed by atoms with van der Waals surface area (Å²) in [6.45, 7) is -0.303. The van der Waals surface area contributed by atoms with Crippen molar-refractivity contribution in [3.05, 3.63) is 183 Å². The Hall–Kier alpha value is -5.83. The van der Waals surface area contributed by atoms with Gasteiger partial charge in [-0.25, -0.2) is 0 Å². The number of rotatable bonds is 12. The number of hydrogen-bond acceptors (Lipinski definition) is 6. The minimum Gasteiger partial charge on any atom is -0.395 e. The predicted molar refractivity (Wildman–Crippen MR) is 233 cm³/mol. The Balaban J connectivity index is 1.04. The molecule has 6 aromatic carbocycles. The van der Waals surface area contributed by atoms with Crippen molar-refractivity contribution in [2.24, 2.45) is 0 Å². The van der Waals surface area contributed by atoms with Crippen molar-refractivity contribution in [2.75, 3.05) is 18.1 Å². The molecular formula is C49H37F6NO4S2. The fourth-order valence-electron chi connectivity index (χ4n) is 7.61. The molecule has 0 spiro atoms. The van der Waals surface area contributed by atoms with Gasteiger partial charge in [-0.3, -0.25) is 4.79 Å². The van der Waals surface area contributed by atoms with Crippen molar-refractivity contribution in [3.8, 4) is 22.3 Å². The van der Waals surface area contributed by atoms with Crippen LogP contribution in [0.15, 0.2) is 146 Å². The first-order valence-corrected chi connectivity index (χ1v) is 21.2. The lowest BCUT2D eigenvalue weighted by molar-refractivity contribution is -0.138. The fourth-order valence-corrected chi connectivity index (χ4v) is 10.1. The second kappa shape index (κ2) is 17.5. The van der Waals surface area contributed by atoms with E-state index in [-0.39, 0.29) is 43.0 Å². The number of aliphatic hydroxyl groups excluding tert-OH is 3. The number of thiophene rings is 2. The quantitative estimate of drug-likeness (QED) is 0.107. The third kappa shape index (κ3) is 9.18. The minimum atomic E-state index is -4.53. The van der Waals surface area contributed by atoms with Gasteiger partial charge in [0.1, 0.15) is 0 Å². The van der Waals surface area contributed by atoms with Gasteiger partial charge in [-0.1, -0.05) is 84.9 Å². The molecule has 5 nitrogen and oxygen atoms in total. The molecule has 62 heavy (non-hydrogen) atoms. The van der Waals surface area contributed by atoms with Crippen molar-refractivity contribution in [3.63, 3.8) is 0 Å². The van der Waals surface area contributed by atoms with E-state index in [9.17, 15) is 46.5 Å². The van der Waals surface area contributed by atoms with Gasteiger partial charge in [0.25, 0.3) is 5.91 Å². The molecule has 2 aromatic heterocycles. The molecule has 1 amide bonds. The second-order valence-electron chi connectivity index (χ2n) is 14.9. The summed E-state index contributed by atoms with van der Waals surface area (Å²) in [6.07, 6.45) is -11.1. The Morgan fingerprint density at radius 2 is 1.03 bits per heavy atom. The molecule has 2 unspecified atom stereocenters. The summed E-state index contributed by atoms with van der Waals surface area (Å²) in [5.41, 5.74) is 2.86. The zero-order chi connectivity index (χ0) is 43.8. The first-order chi connectivity index (χ1) is 29.7. The number of fused-ring (bicyclic) bond motifs is 2. The molecule has 0 saturated carbocycles. The third-order valence-corrected chi connectivity index (χ3v) is 13.0. The maximum absolute atomic E-state index is 14.3. The van der Waals surface area contributed by atoms with E-state index in [0.717, 1.165) is 76.4 Å². The van der Waals surface area contributed by atoms with Crippen LogP contribution >= 0.6 is 22.7 Å². The molecule has 2 atom stereocenters. The number of nitrogens with zero attached hydrogens (tertiary/aromatic N) is 1. The van der Waals surface area contributed by atoms with Crippen molar-refractivity contribution < 1.29 is 46.5 Å². The highest BCUT2D eigenvalue weighted by molar-refractivity contribution is 7.20. The van der Waals surface area contributed by atoms with Crippen LogP contribution in [0.4, 0.5) is 32.0 Å². The van der Waals surface area contributed by atoms with Crippen molar-refractivity contribution >= 4 is 54.4 Å². The second-order valence-corrected chi connectivity index (χ2v) is 17.1. The van der Waals surface area contributed by atoms with Gasteiger partial charge < -0.3 is 20.2 Å². The van der Waals surface area contributed by atoms with Gasteiger partial charge in [-0.2, -0.15) is 26.3 Å². The number of anilines is 1. The molecule has 0 aliphatic carbocycles. The van der Waals surface area contributed by atoms with Crippen molar-refractivity contribution in [1.29, 1.82) is 0 Å². The highest BCUT2D eigenvalue weighted by Crippen LogP contribution is 2.40. The van der Waals surface area contributed by atoms with Crippen LogP contribution in [0.1, 0.15) is 54.6 Å². The van der Waals surface area contributed by atoms with Crippen LogP contribution in [-0.4, -0.2) is 34.4 Å². The molecule has 316 valence electrons. The Morgan fingerprint density at radius 3 is 1.53 bits per heavy atom. The summed E-state index contributed by atoms with van der Waals surface area (Å²) in [5.74, 6) is -0.346. The Bertz CT molecular complexity index is 2900. The number of benzene rings is 6. The molecule has 2 heterocycles. The van der Waals surface area contributed by atoms with E-state index in [1.54, 1.807) is 24.3 Å². The molecule has 0 bridgehead atoms. The molecule has 13 heteroatoms. The van der Waals surface area contributed by atoms with Gasteiger partial charge in [0, 0.05) is 49.8 Å². The molecule has 8 rings (SSSR count). The summed E-state index contributed by atoms with van der Waals surface area (Å²) >= 11 is 2.85. The summed E-state index contributed by atoms with van der Waals surface area (Å²) in [7, 11) is 0. The van der Waals surface area contributed by atoms with Crippen molar-refractivity contribution in [2.45, 2.75) is 37.4 Å². The Labute approximate surface area is 360 Å². The van der Waals surface area contributed by atoms with E-state index in [0.29, 0.717) is 11.3 Å². The molecule has 0 saturated heterocycles. The number of amides is 1. The predicted octanol–water partition coefficient (Wildman–Crippen LogP) is 12.7. The summed E-state index contributed by atoms with van der Waals surface area (Å²) in [6, 6.07) is 39.2. The number of hydrogen-bond donors (Lipinski definition) is 3. The van der Waals surface area contributed by atoms with Gasteiger partial charge in [0.2, 0.25) is 0 Å². The summed E-state index contributed by atoms with van der Waals surface area (Å²) < 4.78 is 81.8. The molecule has 8 aromatic rings. The third-order valence-electron chi connectivity index (χ3n) is 10.6. The van der Waals surface area contributed by atoms with Crippen LogP contribution < -0.4 is 4.90 Å². The topological polar surface area (TPSA) is 81.0 Å². The van der Waals surface area contributed by atoms with Gasteiger partial charge >= 0.3 is 12.4 Å². The number of alkyl halides is 6. The van der Waals surface area contributed by atoms with Gasteiger partial charge in [0.15, 0.2) is 0 Å². The molecular weight excluding hydrogens is 845 g/mol. The highest BCUT2D eigenvalue weighted by atomic mass is 32.1. The summed E-state index contributed by atoms with van der Waals surface area (Å²) in [4.78, 5) is 17.4. The SMILES string of the molecule is O=C(c1cccc(-c2cccc3cc(CC(O)c4cccc(C(F)(F)F)c4)sc23)c1)N(CCO)c1cccc(-c2cccc3cc(CC(O)c4cccc(C(F)(F)F)c4)sc23)c1. The molecule has 3 N–H and O–H groups in total. The van der Waals surface area contributed by atoms with Crippen LogP contribution in [0.3, 0.4) is 0 Å². The number of aliphatic hydroxyl groups is 3.